The minimum atomic E-state index is -0.341. The molecule has 1 aromatic rings. The van der Waals surface area contributed by atoms with Crippen LogP contribution in [0, 0.1) is 0 Å². The molecule has 0 aromatic carbocycles. The first-order valence-corrected chi connectivity index (χ1v) is 6.13. The molecule has 100 valence electrons. The summed E-state index contributed by atoms with van der Waals surface area (Å²) >= 11 is 0. The van der Waals surface area contributed by atoms with Gasteiger partial charge in [-0.2, -0.15) is 0 Å². The van der Waals surface area contributed by atoms with E-state index in [1.54, 1.807) is 17.3 Å². The number of hydrogen-bond acceptors (Lipinski definition) is 4. The maximum absolute atomic E-state index is 12.0. The highest BCUT2D eigenvalue weighted by molar-refractivity contribution is 5.68. The summed E-state index contributed by atoms with van der Waals surface area (Å²) in [6, 6.07) is 3.77. The number of nitrogens with two attached hydrogens (primary N) is 1. The second-order valence-corrected chi connectivity index (χ2v) is 4.39. The lowest BCUT2D eigenvalue weighted by Gasteiger charge is -2.27. The van der Waals surface area contributed by atoms with Crippen molar-refractivity contribution >= 4 is 6.09 Å². The maximum Gasteiger partial charge on any atom is 0.410 e. The van der Waals surface area contributed by atoms with E-state index < -0.39 is 0 Å². The molecule has 5 nitrogen and oxygen atoms in total. The van der Waals surface area contributed by atoms with Crippen molar-refractivity contribution in [2.75, 3.05) is 13.1 Å². The van der Waals surface area contributed by atoms with Crippen LogP contribution in [0.25, 0.3) is 0 Å². The predicted octanol–water partition coefficient (Wildman–Crippen LogP) is 1.95. The molecule has 0 aliphatic heterocycles. The minimum absolute atomic E-state index is 0.0714. The molecule has 0 bridgehead atoms. The lowest BCUT2D eigenvalue weighted by atomic mass is 10.2. The molecule has 0 saturated carbocycles. The summed E-state index contributed by atoms with van der Waals surface area (Å²) in [5.74, 6) is 0. The molecule has 0 radical (unpaired) electrons. The van der Waals surface area contributed by atoms with Gasteiger partial charge in [-0.1, -0.05) is 6.07 Å². The third-order valence-electron chi connectivity index (χ3n) is 2.66. The van der Waals surface area contributed by atoms with E-state index in [1.807, 2.05) is 32.9 Å². The van der Waals surface area contributed by atoms with Gasteiger partial charge in [0.25, 0.3) is 0 Å². The highest BCUT2D eigenvalue weighted by atomic mass is 16.6. The maximum atomic E-state index is 12.0. The van der Waals surface area contributed by atoms with Crippen molar-refractivity contribution in [2.45, 2.75) is 32.9 Å². The van der Waals surface area contributed by atoms with E-state index in [0.29, 0.717) is 13.1 Å². The zero-order valence-electron chi connectivity index (χ0n) is 11.2. The first-order valence-electron chi connectivity index (χ1n) is 6.13. The normalized spacial score (nSPS) is 12.3. The zero-order valence-corrected chi connectivity index (χ0v) is 11.2. The van der Waals surface area contributed by atoms with Gasteiger partial charge in [-0.05, 0) is 26.8 Å². The van der Waals surface area contributed by atoms with Gasteiger partial charge in [-0.3, -0.25) is 4.98 Å². The van der Waals surface area contributed by atoms with Crippen LogP contribution < -0.4 is 5.73 Å². The summed E-state index contributed by atoms with van der Waals surface area (Å²) in [5.41, 5.74) is 6.36. The Labute approximate surface area is 108 Å². The fraction of sp³-hybridized carbons (Fsp3) is 0.538. The molecule has 18 heavy (non-hydrogen) atoms. The second kappa shape index (κ2) is 6.96. The fourth-order valence-electron chi connectivity index (χ4n) is 1.60. The quantitative estimate of drug-likeness (QED) is 0.868. The van der Waals surface area contributed by atoms with E-state index in [9.17, 15) is 4.79 Å². The van der Waals surface area contributed by atoms with Crippen LogP contribution in [0.15, 0.2) is 24.5 Å². The van der Waals surface area contributed by atoms with E-state index in [-0.39, 0.29) is 18.2 Å². The third kappa shape index (κ3) is 4.00. The zero-order chi connectivity index (χ0) is 13.5. The van der Waals surface area contributed by atoms with Crippen LogP contribution in [0.3, 0.4) is 0 Å². The number of nitrogens with zero attached hydrogens (tertiary/aromatic N) is 2. The number of hydrogen-bond donors (Lipinski definition) is 1. The predicted molar refractivity (Wildman–Crippen MR) is 70.0 cm³/mol. The number of amides is 1. The van der Waals surface area contributed by atoms with E-state index >= 15 is 0 Å². The van der Waals surface area contributed by atoms with Crippen molar-refractivity contribution in [1.29, 1.82) is 0 Å². The molecule has 0 spiro atoms. The summed E-state index contributed by atoms with van der Waals surface area (Å²) in [5, 5.41) is 0. The molecular weight excluding hydrogens is 230 g/mol. The Balaban J connectivity index is 2.63. The molecule has 1 unspecified atom stereocenters. The Morgan fingerprint density at radius 2 is 2.22 bits per heavy atom. The minimum Gasteiger partial charge on any atom is -0.441 e. The van der Waals surface area contributed by atoms with Crippen molar-refractivity contribution in [3.05, 3.63) is 30.1 Å². The average Bonchev–Trinajstić information content (AvgIpc) is 2.36. The number of carbonyl (C=O) groups excluding carboxylic acids is 1. The van der Waals surface area contributed by atoms with E-state index in [0.717, 1.165) is 5.56 Å². The lowest BCUT2D eigenvalue weighted by molar-refractivity contribution is 0.0620. The van der Waals surface area contributed by atoms with Gasteiger partial charge < -0.3 is 15.4 Å². The highest BCUT2D eigenvalue weighted by Gasteiger charge is 2.20. The van der Waals surface area contributed by atoms with Crippen LogP contribution in [0.1, 0.15) is 32.4 Å². The largest absolute Gasteiger partial charge is 0.441 e. The first kappa shape index (κ1) is 14.4. The summed E-state index contributed by atoms with van der Waals surface area (Å²) in [4.78, 5) is 17.6. The van der Waals surface area contributed by atoms with Gasteiger partial charge >= 0.3 is 6.09 Å². The van der Waals surface area contributed by atoms with E-state index in [1.165, 1.54) is 0 Å². The van der Waals surface area contributed by atoms with E-state index in [2.05, 4.69) is 4.98 Å². The fourth-order valence-corrected chi connectivity index (χ4v) is 1.60. The molecule has 1 amide bonds. The molecule has 1 rings (SSSR count). The first-order chi connectivity index (χ1) is 8.56. The molecule has 0 aliphatic carbocycles. The van der Waals surface area contributed by atoms with Crippen LogP contribution >= 0.6 is 0 Å². The smallest absolute Gasteiger partial charge is 0.410 e. The second-order valence-electron chi connectivity index (χ2n) is 4.39. The van der Waals surface area contributed by atoms with Crippen molar-refractivity contribution in [2.24, 2.45) is 5.73 Å². The molecule has 5 heteroatoms. The van der Waals surface area contributed by atoms with Gasteiger partial charge in [-0.15, -0.1) is 0 Å². The Hall–Kier alpha value is -1.62. The topological polar surface area (TPSA) is 68.5 Å². The molecule has 0 saturated heterocycles. The lowest BCUT2D eigenvalue weighted by Crippen LogP contribution is -2.41. The van der Waals surface area contributed by atoms with Crippen molar-refractivity contribution in [1.82, 2.24) is 9.88 Å². The van der Waals surface area contributed by atoms with Crippen molar-refractivity contribution in [3.8, 4) is 0 Å². The number of pyridine rings is 1. The van der Waals surface area contributed by atoms with E-state index in [4.69, 9.17) is 10.5 Å². The monoisotopic (exact) mass is 251 g/mol. The molecule has 1 heterocycles. The summed E-state index contributed by atoms with van der Waals surface area (Å²) in [6.45, 7) is 6.62. The number of aromatic nitrogens is 1. The summed E-state index contributed by atoms with van der Waals surface area (Å²) in [6.07, 6.45) is 2.73. The molecule has 0 aliphatic rings. The van der Waals surface area contributed by atoms with Crippen LogP contribution in [-0.2, 0) is 4.74 Å². The van der Waals surface area contributed by atoms with Gasteiger partial charge in [0.15, 0.2) is 0 Å². The molecule has 0 fully saturated rings. The Morgan fingerprint density at radius 1 is 1.50 bits per heavy atom. The van der Waals surface area contributed by atoms with Crippen molar-refractivity contribution < 1.29 is 9.53 Å². The van der Waals surface area contributed by atoms with Crippen LogP contribution in [-0.4, -0.2) is 35.1 Å². The van der Waals surface area contributed by atoms with Crippen molar-refractivity contribution in [3.63, 3.8) is 0 Å². The summed E-state index contributed by atoms with van der Waals surface area (Å²) in [7, 11) is 0. The van der Waals surface area contributed by atoms with Gasteiger partial charge in [0.2, 0.25) is 0 Å². The Kier molecular flexibility index (Phi) is 5.58. The highest BCUT2D eigenvalue weighted by Crippen LogP contribution is 2.17. The van der Waals surface area contributed by atoms with Crippen LogP contribution in [0.5, 0.6) is 0 Å². The van der Waals surface area contributed by atoms with Gasteiger partial charge in [-0.25, -0.2) is 4.79 Å². The molecule has 2 N–H and O–H groups in total. The van der Waals surface area contributed by atoms with Crippen LogP contribution in [0.2, 0.25) is 0 Å². The molecule has 1 atom stereocenters. The summed E-state index contributed by atoms with van der Waals surface area (Å²) < 4.78 is 5.40. The van der Waals surface area contributed by atoms with Gasteiger partial charge in [0, 0.05) is 37.1 Å². The average molecular weight is 251 g/mol. The number of rotatable bonds is 5. The van der Waals surface area contributed by atoms with Crippen LogP contribution in [0.4, 0.5) is 4.79 Å². The Bertz CT molecular complexity index is 368. The number of carbonyl (C=O) groups is 1. The number of ether oxygens (including phenoxy) is 1. The Morgan fingerprint density at radius 3 is 2.72 bits per heavy atom. The van der Waals surface area contributed by atoms with Gasteiger partial charge in [0.1, 0.15) is 6.10 Å². The standard InChI is InChI=1S/C13H21N3O2/c1-10(2)16(8-6-14)13(17)18-11(3)12-5-4-7-15-9-12/h4-5,7,9-11H,6,8,14H2,1-3H3. The third-order valence-corrected chi connectivity index (χ3v) is 2.66. The molecular formula is C13H21N3O2. The van der Waals surface area contributed by atoms with Gasteiger partial charge in [0.05, 0.1) is 0 Å². The SMILES string of the molecule is CC(OC(=O)N(CCN)C(C)C)c1cccnc1. The molecule has 1 aromatic heterocycles.